The van der Waals surface area contributed by atoms with Gasteiger partial charge in [-0.05, 0) is 68.0 Å². The molecule has 1 N–H and O–H groups in total. The van der Waals surface area contributed by atoms with E-state index in [2.05, 4.69) is 16.8 Å². The van der Waals surface area contributed by atoms with Crippen LogP contribution in [0.25, 0.3) is 10.9 Å². The molecule has 1 aromatic carbocycles. The lowest BCUT2D eigenvalue weighted by molar-refractivity contribution is -0.0562. The van der Waals surface area contributed by atoms with Crippen LogP contribution >= 0.6 is 0 Å². The Balaban J connectivity index is 1.66. The largest absolute Gasteiger partial charge is 0.494 e. The van der Waals surface area contributed by atoms with Gasteiger partial charge in [0.15, 0.2) is 0 Å². The molecule has 0 radical (unpaired) electrons. The van der Waals surface area contributed by atoms with Crippen LogP contribution in [0.3, 0.4) is 0 Å². The van der Waals surface area contributed by atoms with Gasteiger partial charge in [-0.25, -0.2) is 0 Å². The van der Waals surface area contributed by atoms with Crippen LogP contribution in [0.15, 0.2) is 30.5 Å². The zero-order valence-corrected chi connectivity index (χ0v) is 15.2. The minimum atomic E-state index is -0.469. The van der Waals surface area contributed by atoms with Crippen LogP contribution in [0.2, 0.25) is 0 Å². The second kappa shape index (κ2) is 6.93. The van der Waals surface area contributed by atoms with Crippen LogP contribution in [0.1, 0.15) is 44.8 Å². The standard InChI is InChI=1S/C21H28N2O2/c1-3-14-13-23-10-8-15(14)11-20(23)21(24)17-7-9-22-19-6-5-16(25-4-2)12-18(17)19/h5-7,9,12,14-15,20-21,24H,3-4,8,10-11,13H2,1-2H3/t14-,15+,20+,21-/m1/s1. The Labute approximate surface area is 149 Å². The number of nitrogens with zero attached hydrogens (tertiary/aromatic N) is 2. The highest BCUT2D eigenvalue weighted by Crippen LogP contribution is 2.42. The van der Waals surface area contributed by atoms with Crippen molar-refractivity contribution in [3.05, 3.63) is 36.0 Å². The van der Waals surface area contributed by atoms with Crippen molar-refractivity contribution in [2.45, 2.75) is 45.3 Å². The molecule has 4 nitrogen and oxygen atoms in total. The number of fused-ring (bicyclic) bond motifs is 4. The molecule has 0 spiro atoms. The molecule has 1 unspecified atom stereocenters. The number of aliphatic hydroxyl groups is 1. The third-order valence-electron chi connectivity index (χ3n) is 6.20. The third-order valence-corrected chi connectivity index (χ3v) is 6.20. The zero-order chi connectivity index (χ0) is 17.4. The van der Waals surface area contributed by atoms with Gasteiger partial charge in [0.05, 0.1) is 18.2 Å². The third kappa shape index (κ3) is 3.02. The molecule has 2 aromatic rings. The number of hydrogen-bond acceptors (Lipinski definition) is 4. The van der Waals surface area contributed by atoms with E-state index in [1.54, 1.807) is 0 Å². The monoisotopic (exact) mass is 340 g/mol. The molecular formula is C21H28N2O2. The molecule has 3 aliphatic heterocycles. The van der Waals surface area contributed by atoms with Crippen molar-refractivity contribution in [1.82, 2.24) is 9.88 Å². The molecule has 0 saturated carbocycles. The van der Waals surface area contributed by atoms with Gasteiger partial charge in [0, 0.05) is 24.2 Å². The molecule has 4 heterocycles. The summed E-state index contributed by atoms with van der Waals surface area (Å²) in [5.74, 6) is 2.41. The molecule has 3 saturated heterocycles. The fourth-order valence-corrected chi connectivity index (χ4v) is 4.84. The van der Waals surface area contributed by atoms with E-state index in [1.807, 2.05) is 37.4 Å². The van der Waals surface area contributed by atoms with Gasteiger partial charge in [0.2, 0.25) is 0 Å². The first-order valence-corrected chi connectivity index (χ1v) is 9.64. The van der Waals surface area contributed by atoms with Crippen molar-refractivity contribution in [2.24, 2.45) is 11.8 Å². The molecule has 2 bridgehead atoms. The lowest BCUT2D eigenvalue weighted by atomic mass is 9.72. The fraction of sp³-hybridized carbons (Fsp3) is 0.571. The molecule has 5 rings (SSSR count). The molecule has 0 aliphatic carbocycles. The summed E-state index contributed by atoms with van der Waals surface area (Å²) in [6.45, 7) is 7.18. The maximum atomic E-state index is 11.2. The Morgan fingerprint density at radius 1 is 1.32 bits per heavy atom. The highest BCUT2D eigenvalue weighted by molar-refractivity contribution is 5.83. The van der Waals surface area contributed by atoms with E-state index < -0.39 is 6.10 Å². The van der Waals surface area contributed by atoms with Crippen LogP contribution in [-0.4, -0.2) is 40.7 Å². The number of pyridine rings is 1. The van der Waals surface area contributed by atoms with Gasteiger partial charge in [0.25, 0.3) is 0 Å². The first-order valence-electron chi connectivity index (χ1n) is 9.64. The molecule has 25 heavy (non-hydrogen) atoms. The summed E-state index contributed by atoms with van der Waals surface area (Å²) < 4.78 is 5.65. The Morgan fingerprint density at radius 3 is 2.92 bits per heavy atom. The van der Waals surface area contributed by atoms with Crippen molar-refractivity contribution < 1.29 is 9.84 Å². The van der Waals surface area contributed by atoms with Gasteiger partial charge in [-0.3, -0.25) is 9.88 Å². The van der Waals surface area contributed by atoms with Gasteiger partial charge < -0.3 is 9.84 Å². The highest BCUT2D eigenvalue weighted by Gasteiger charge is 2.42. The number of rotatable bonds is 5. The molecule has 3 aliphatic rings. The second-order valence-electron chi connectivity index (χ2n) is 7.47. The van der Waals surface area contributed by atoms with E-state index in [0.717, 1.165) is 53.6 Å². The van der Waals surface area contributed by atoms with Crippen molar-refractivity contribution in [3.8, 4) is 5.75 Å². The van der Waals surface area contributed by atoms with Gasteiger partial charge in [-0.15, -0.1) is 0 Å². The number of aromatic nitrogens is 1. The normalized spacial score (nSPS) is 29.7. The fourth-order valence-electron chi connectivity index (χ4n) is 4.84. The van der Waals surface area contributed by atoms with Crippen LogP contribution in [0, 0.1) is 11.8 Å². The van der Waals surface area contributed by atoms with E-state index in [9.17, 15) is 5.11 Å². The average Bonchev–Trinajstić information content (AvgIpc) is 2.67. The predicted molar refractivity (Wildman–Crippen MR) is 99.7 cm³/mol. The maximum Gasteiger partial charge on any atom is 0.120 e. The maximum absolute atomic E-state index is 11.2. The van der Waals surface area contributed by atoms with E-state index in [0.29, 0.717) is 6.61 Å². The van der Waals surface area contributed by atoms with E-state index in [4.69, 9.17) is 4.74 Å². The Bertz CT molecular complexity index is 748. The van der Waals surface area contributed by atoms with Gasteiger partial charge >= 0.3 is 0 Å². The quantitative estimate of drug-likeness (QED) is 0.899. The second-order valence-corrected chi connectivity index (χ2v) is 7.47. The molecular weight excluding hydrogens is 312 g/mol. The summed E-state index contributed by atoms with van der Waals surface area (Å²) in [6, 6.07) is 8.16. The number of aliphatic hydroxyl groups excluding tert-OH is 1. The predicted octanol–water partition coefficient (Wildman–Crippen LogP) is 3.79. The van der Waals surface area contributed by atoms with Gasteiger partial charge in [-0.1, -0.05) is 13.3 Å². The van der Waals surface area contributed by atoms with Crippen molar-refractivity contribution in [1.29, 1.82) is 0 Å². The molecule has 134 valence electrons. The Kier molecular flexibility index (Phi) is 4.65. The Morgan fingerprint density at radius 2 is 2.20 bits per heavy atom. The highest BCUT2D eigenvalue weighted by atomic mass is 16.5. The molecule has 5 atom stereocenters. The van der Waals surface area contributed by atoms with Gasteiger partial charge in [-0.2, -0.15) is 0 Å². The van der Waals surface area contributed by atoms with Gasteiger partial charge in [0.1, 0.15) is 5.75 Å². The average molecular weight is 340 g/mol. The van der Waals surface area contributed by atoms with Crippen molar-refractivity contribution in [2.75, 3.05) is 19.7 Å². The number of piperidine rings is 3. The summed E-state index contributed by atoms with van der Waals surface area (Å²) in [5, 5.41) is 12.2. The van der Waals surface area contributed by atoms with Crippen molar-refractivity contribution >= 4 is 10.9 Å². The minimum absolute atomic E-state index is 0.225. The lowest BCUT2D eigenvalue weighted by Crippen LogP contribution is -2.55. The Hall–Kier alpha value is -1.65. The SMILES string of the molecule is CCOc1ccc2nccc([C@@H](O)[C@@H]3C[C@@H]4CCN3C[C@H]4CC)c2c1. The molecule has 4 heteroatoms. The van der Waals surface area contributed by atoms with Crippen LogP contribution in [-0.2, 0) is 0 Å². The first-order chi connectivity index (χ1) is 12.2. The zero-order valence-electron chi connectivity index (χ0n) is 15.2. The first kappa shape index (κ1) is 16.8. The summed E-state index contributed by atoms with van der Waals surface area (Å²) in [4.78, 5) is 6.98. The van der Waals surface area contributed by atoms with Crippen LogP contribution in [0.4, 0.5) is 0 Å². The number of ether oxygens (including phenoxy) is 1. The summed E-state index contributed by atoms with van der Waals surface area (Å²) in [6.07, 6.45) is 4.98. The molecule has 1 aromatic heterocycles. The lowest BCUT2D eigenvalue weighted by Gasteiger charge is -2.51. The minimum Gasteiger partial charge on any atom is -0.494 e. The summed E-state index contributed by atoms with van der Waals surface area (Å²) in [7, 11) is 0. The number of hydrogen-bond donors (Lipinski definition) is 1. The summed E-state index contributed by atoms with van der Waals surface area (Å²) in [5.41, 5.74) is 1.90. The summed E-state index contributed by atoms with van der Waals surface area (Å²) >= 11 is 0. The topological polar surface area (TPSA) is 45.6 Å². The van der Waals surface area contributed by atoms with E-state index in [-0.39, 0.29) is 6.04 Å². The molecule has 3 fully saturated rings. The van der Waals surface area contributed by atoms with Crippen LogP contribution in [0.5, 0.6) is 5.75 Å². The van der Waals surface area contributed by atoms with E-state index in [1.165, 1.54) is 12.8 Å². The van der Waals surface area contributed by atoms with Crippen molar-refractivity contribution in [3.63, 3.8) is 0 Å². The van der Waals surface area contributed by atoms with E-state index >= 15 is 0 Å². The molecule has 0 amide bonds. The number of benzene rings is 1. The van der Waals surface area contributed by atoms with Crippen LogP contribution < -0.4 is 4.74 Å². The smallest absolute Gasteiger partial charge is 0.120 e.